The van der Waals surface area contributed by atoms with Gasteiger partial charge in [0.25, 0.3) is 5.91 Å². The Labute approximate surface area is 132 Å². The number of ether oxygens (including phenoxy) is 3. The third kappa shape index (κ3) is 2.94. The monoisotopic (exact) mass is 319 g/mol. The Morgan fingerprint density at radius 2 is 1.77 bits per heavy atom. The highest BCUT2D eigenvalue weighted by molar-refractivity contribution is 6.34. The molecule has 0 spiro atoms. The average molecular weight is 320 g/mol. The van der Waals surface area contributed by atoms with Crippen LogP contribution in [0.15, 0.2) is 36.4 Å². The van der Waals surface area contributed by atoms with Gasteiger partial charge in [0.15, 0.2) is 11.5 Å². The Balaban J connectivity index is 1.82. The van der Waals surface area contributed by atoms with Crippen molar-refractivity contribution in [2.45, 2.75) is 0 Å². The molecule has 0 bridgehead atoms. The van der Waals surface area contributed by atoms with Crippen LogP contribution in [0.5, 0.6) is 17.2 Å². The molecule has 0 aliphatic carbocycles. The molecule has 0 unspecified atom stereocenters. The van der Waals surface area contributed by atoms with Crippen molar-refractivity contribution in [3.63, 3.8) is 0 Å². The van der Waals surface area contributed by atoms with Crippen molar-refractivity contribution in [3.05, 3.63) is 47.0 Å². The van der Waals surface area contributed by atoms with E-state index in [4.69, 9.17) is 25.8 Å². The van der Waals surface area contributed by atoms with Crippen molar-refractivity contribution >= 4 is 23.2 Å². The van der Waals surface area contributed by atoms with Crippen LogP contribution in [0, 0.1) is 0 Å². The Kier molecular flexibility index (Phi) is 4.06. The molecule has 0 saturated carbocycles. The SMILES string of the molecule is COc1ccc(NC(=O)c2cc3c(cc2Cl)OCCO3)cc1. The van der Waals surface area contributed by atoms with E-state index in [-0.39, 0.29) is 5.91 Å². The van der Waals surface area contributed by atoms with E-state index in [1.165, 1.54) is 0 Å². The number of halogens is 1. The van der Waals surface area contributed by atoms with Crippen LogP contribution in [0.2, 0.25) is 5.02 Å². The summed E-state index contributed by atoms with van der Waals surface area (Å²) < 4.78 is 16.0. The minimum atomic E-state index is -0.313. The van der Waals surface area contributed by atoms with E-state index in [9.17, 15) is 4.79 Å². The summed E-state index contributed by atoms with van der Waals surface area (Å²) in [5, 5.41) is 3.10. The predicted octanol–water partition coefficient (Wildman–Crippen LogP) is 3.37. The Morgan fingerprint density at radius 3 is 2.41 bits per heavy atom. The second kappa shape index (κ2) is 6.15. The van der Waals surface area contributed by atoms with Crippen LogP contribution in [0.1, 0.15) is 10.4 Å². The fourth-order valence-electron chi connectivity index (χ4n) is 2.11. The Morgan fingerprint density at radius 1 is 1.14 bits per heavy atom. The molecule has 114 valence electrons. The van der Waals surface area contributed by atoms with Gasteiger partial charge in [-0.15, -0.1) is 0 Å². The van der Waals surface area contributed by atoms with Gasteiger partial charge < -0.3 is 19.5 Å². The highest BCUT2D eigenvalue weighted by atomic mass is 35.5. The molecule has 0 aromatic heterocycles. The molecule has 1 N–H and O–H groups in total. The van der Waals surface area contributed by atoms with Gasteiger partial charge in [-0.2, -0.15) is 0 Å². The number of methoxy groups -OCH3 is 1. The summed E-state index contributed by atoms with van der Waals surface area (Å²) in [7, 11) is 1.59. The van der Waals surface area contributed by atoms with Crippen LogP contribution < -0.4 is 19.5 Å². The van der Waals surface area contributed by atoms with Gasteiger partial charge in [-0.3, -0.25) is 4.79 Å². The number of nitrogens with one attached hydrogen (secondary N) is 1. The number of carbonyl (C=O) groups excluding carboxylic acids is 1. The van der Waals surface area contributed by atoms with Gasteiger partial charge in [-0.05, 0) is 30.3 Å². The molecule has 5 nitrogen and oxygen atoms in total. The van der Waals surface area contributed by atoms with Crippen LogP contribution >= 0.6 is 11.6 Å². The van der Waals surface area contributed by atoms with Gasteiger partial charge >= 0.3 is 0 Å². The van der Waals surface area contributed by atoms with Gasteiger partial charge in [0.1, 0.15) is 19.0 Å². The summed E-state index contributed by atoms with van der Waals surface area (Å²) in [6.45, 7) is 0.925. The lowest BCUT2D eigenvalue weighted by atomic mass is 10.1. The molecule has 1 heterocycles. The van der Waals surface area contributed by atoms with Crippen molar-refractivity contribution in [1.82, 2.24) is 0 Å². The summed E-state index contributed by atoms with van der Waals surface area (Å²) in [5.41, 5.74) is 0.985. The van der Waals surface area contributed by atoms with E-state index in [1.54, 1.807) is 43.5 Å². The highest BCUT2D eigenvalue weighted by Gasteiger charge is 2.19. The summed E-state index contributed by atoms with van der Waals surface area (Å²) in [4.78, 5) is 12.4. The van der Waals surface area contributed by atoms with Crippen LogP contribution in [0.25, 0.3) is 0 Å². The Hall–Kier alpha value is -2.40. The largest absolute Gasteiger partial charge is 0.497 e. The molecule has 3 rings (SSSR count). The molecule has 0 fully saturated rings. The van der Waals surface area contributed by atoms with Gasteiger partial charge in [-0.1, -0.05) is 11.6 Å². The van der Waals surface area contributed by atoms with Crippen molar-refractivity contribution in [2.24, 2.45) is 0 Å². The number of benzene rings is 2. The lowest BCUT2D eigenvalue weighted by Crippen LogP contribution is -2.17. The van der Waals surface area contributed by atoms with Crippen LogP contribution in [0.4, 0.5) is 5.69 Å². The number of rotatable bonds is 3. The zero-order valence-corrected chi connectivity index (χ0v) is 12.6. The molecular weight excluding hydrogens is 306 g/mol. The van der Waals surface area contributed by atoms with Crippen LogP contribution in [-0.2, 0) is 0 Å². The first kappa shape index (κ1) is 14.5. The maximum Gasteiger partial charge on any atom is 0.257 e. The third-order valence-electron chi connectivity index (χ3n) is 3.22. The minimum absolute atomic E-state index is 0.313. The molecule has 1 aliphatic heterocycles. The first-order valence-electron chi connectivity index (χ1n) is 6.72. The molecule has 0 radical (unpaired) electrons. The zero-order chi connectivity index (χ0) is 15.5. The smallest absolute Gasteiger partial charge is 0.257 e. The minimum Gasteiger partial charge on any atom is -0.497 e. The molecular formula is C16H14ClNO4. The topological polar surface area (TPSA) is 56.8 Å². The molecule has 0 atom stereocenters. The average Bonchev–Trinajstić information content (AvgIpc) is 2.54. The van der Waals surface area contributed by atoms with E-state index in [1.807, 2.05) is 0 Å². The second-order valence-electron chi connectivity index (χ2n) is 4.66. The van der Waals surface area contributed by atoms with Crippen molar-refractivity contribution in [3.8, 4) is 17.2 Å². The molecule has 0 saturated heterocycles. The number of anilines is 1. The number of hydrogen-bond donors (Lipinski definition) is 1. The quantitative estimate of drug-likeness (QED) is 0.942. The molecule has 2 aromatic rings. The fourth-order valence-corrected chi connectivity index (χ4v) is 2.35. The molecule has 2 aromatic carbocycles. The van der Waals surface area contributed by atoms with Crippen molar-refractivity contribution in [1.29, 1.82) is 0 Å². The lowest BCUT2D eigenvalue weighted by molar-refractivity contribution is 0.102. The van der Waals surface area contributed by atoms with Gasteiger partial charge in [0.05, 0.1) is 17.7 Å². The van der Waals surface area contributed by atoms with E-state index in [0.717, 1.165) is 5.75 Å². The normalized spacial score (nSPS) is 12.6. The maximum absolute atomic E-state index is 12.4. The molecule has 1 aliphatic rings. The number of hydrogen-bond acceptors (Lipinski definition) is 4. The van der Waals surface area contributed by atoms with Crippen LogP contribution in [0.3, 0.4) is 0 Å². The van der Waals surface area contributed by atoms with E-state index < -0.39 is 0 Å². The van der Waals surface area contributed by atoms with Crippen LogP contribution in [-0.4, -0.2) is 26.2 Å². The third-order valence-corrected chi connectivity index (χ3v) is 3.54. The zero-order valence-electron chi connectivity index (χ0n) is 11.9. The summed E-state index contributed by atoms with van der Waals surface area (Å²) >= 11 is 6.15. The van der Waals surface area contributed by atoms with E-state index in [2.05, 4.69) is 5.32 Å². The standard InChI is InChI=1S/C16H14ClNO4/c1-20-11-4-2-10(3-5-11)18-16(19)12-8-14-15(9-13(12)17)22-7-6-21-14/h2-5,8-9H,6-7H2,1H3,(H,18,19). The van der Waals surface area contributed by atoms with Crippen molar-refractivity contribution in [2.75, 3.05) is 25.6 Å². The lowest BCUT2D eigenvalue weighted by Gasteiger charge is -2.19. The number of fused-ring (bicyclic) bond motifs is 1. The summed E-state index contributed by atoms with van der Waals surface area (Å²) in [6, 6.07) is 10.2. The van der Waals surface area contributed by atoms with E-state index >= 15 is 0 Å². The Bertz CT molecular complexity index is 700. The predicted molar refractivity (Wildman–Crippen MR) is 83.4 cm³/mol. The second-order valence-corrected chi connectivity index (χ2v) is 5.07. The highest BCUT2D eigenvalue weighted by Crippen LogP contribution is 2.35. The fraction of sp³-hybridized carbons (Fsp3) is 0.188. The van der Waals surface area contributed by atoms with Crippen molar-refractivity contribution < 1.29 is 19.0 Å². The molecule has 1 amide bonds. The van der Waals surface area contributed by atoms with Gasteiger partial charge in [0.2, 0.25) is 0 Å². The summed E-state index contributed by atoms with van der Waals surface area (Å²) in [5.74, 6) is 1.48. The molecule has 22 heavy (non-hydrogen) atoms. The number of carbonyl (C=O) groups is 1. The number of amides is 1. The van der Waals surface area contributed by atoms with Gasteiger partial charge in [-0.25, -0.2) is 0 Å². The maximum atomic E-state index is 12.4. The summed E-state index contributed by atoms with van der Waals surface area (Å²) in [6.07, 6.45) is 0. The molecule has 6 heteroatoms. The first-order chi connectivity index (χ1) is 10.7. The first-order valence-corrected chi connectivity index (χ1v) is 7.10. The van der Waals surface area contributed by atoms with Gasteiger partial charge in [0, 0.05) is 11.8 Å². The van der Waals surface area contributed by atoms with E-state index in [0.29, 0.717) is 41.0 Å².